The Morgan fingerprint density at radius 3 is 2.44 bits per heavy atom. The predicted molar refractivity (Wildman–Crippen MR) is 73.9 cm³/mol. The number of carbonyl (C=O) groups is 1. The molecular formula is C14H22N2O2. The summed E-state index contributed by atoms with van der Waals surface area (Å²) in [6.07, 6.45) is 0. The van der Waals surface area contributed by atoms with Gasteiger partial charge in [-0.1, -0.05) is 6.07 Å². The van der Waals surface area contributed by atoms with Gasteiger partial charge in [-0.25, -0.2) is 0 Å². The van der Waals surface area contributed by atoms with E-state index in [4.69, 9.17) is 4.74 Å². The Bertz CT molecular complexity index is 385. The number of hydrogen-bond acceptors (Lipinski definition) is 3. The highest BCUT2D eigenvalue weighted by molar-refractivity contribution is 5.81. The van der Waals surface area contributed by atoms with Crippen molar-refractivity contribution in [2.45, 2.75) is 26.8 Å². The molecule has 100 valence electrons. The van der Waals surface area contributed by atoms with Gasteiger partial charge in [0.25, 0.3) is 0 Å². The topological polar surface area (TPSA) is 50.4 Å². The lowest BCUT2D eigenvalue weighted by Gasteiger charge is -2.14. The van der Waals surface area contributed by atoms with Gasteiger partial charge in [-0.05, 0) is 44.0 Å². The molecule has 0 spiro atoms. The molecular weight excluding hydrogens is 228 g/mol. The molecule has 0 heterocycles. The van der Waals surface area contributed by atoms with E-state index in [9.17, 15) is 4.79 Å². The summed E-state index contributed by atoms with van der Waals surface area (Å²) in [7, 11) is 1.62. The minimum atomic E-state index is -0.0290. The first-order valence-electron chi connectivity index (χ1n) is 6.11. The first kappa shape index (κ1) is 14.5. The van der Waals surface area contributed by atoms with Crippen molar-refractivity contribution in [3.05, 3.63) is 29.3 Å². The maximum absolute atomic E-state index is 11.6. The number of amides is 1. The maximum Gasteiger partial charge on any atom is 0.239 e. The van der Waals surface area contributed by atoms with Gasteiger partial charge >= 0.3 is 0 Å². The van der Waals surface area contributed by atoms with Crippen LogP contribution < -0.4 is 10.6 Å². The zero-order valence-electron chi connectivity index (χ0n) is 11.5. The lowest BCUT2D eigenvalue weighted by atomic mass is 10.1. The van der Waals surface area contributed by atoms with Crippen molar-refractivity contribution in [3.63, 3.8) is 0 Å². The van der Waals surface area contributed by atoms with Crippen molar-refractivity contribution in [2.75, 3.05) is 25.6 Å². The lowest BCUT2D eigenvalue weighted by molar-refractivity contribution is -0.120. The molecule has 1 atom stereocenters. The van der Waals surface area contributed by atoms with Gasteiger partial charge in [0.1, 0.15) is 0 Å². The average molecular weight is 250 g/mol. The Hall–Kier alpha value is -1.55. The molecule has 0 aliphatic rings. The van der Waals surface area contributed by atoms with Crippen LogP contribution in [0.5, 0.6) is 0 Å². The molecule has 18 heavy (non-hydrogen) atoms. The molecule has 1 amide bonds. The van der Waals surface area contributed by atoms with Crippen LogP contribution in [-0.4, -0.2) is 32.2 Å². The average Bonchev–Trinajstić information content (AvgIpc) is 2.25. The second-order valence-electron chi connectivity index (χ2n) is 4.65. The van der Waals surface area contributed by atoms with Gasteiger partial charge < -0.3 is 15.4 Å². The molecule has 0 saturated carbocycles. The molecule has 0 saturated heterocycles. The Morgan fingerprint density at radius 2 is 1.89 bits per heavy atom. The Kier molecular flexibility index (Phi) is 5.65. The molecule has 0 aromatic heterocycles. The van der Waals surface area contributed by atoms with E-state index in [1.54, 1.807) is 7.11 Å². The van der Waals surface area contributed by atoms with Gasteiger partial charge in [0, 0.05) is 18.8 Å². The third-order valence-corrected chi connectivity index (χ3v) is 2.50. The molecule has 0 radical (unpaired) electrons. The minimum Gasteiger partial charge on any atom is -0.383 e. The van der Waals surface area contributed by atoms with E-state index in [0.29, 0.717) is 6.61 Å². The summed E-state index contributed by atoms with van der Waals surface area (Å²) in [6, 6.07) is 6.19. The van der Waals surface area contributed by atoms with E-state index >= 15 is 0 Å². The summed E-state index contributed by atoms with van der Waals surface area (Å²) in [5, 5.41) is 5.97. The molecule has 1 aromatic carbocycles. The molecule has 0 fully saturated rings. The second-order valence-corrected chi connectivity index (χ2v) is 4.65. The smallest absolute Gasteiger partial charge is 0.239 e. The van der Waals surface area contributed by atoms with Crippen LogP contribution >= 0.6 is 0 Å². The summed E-state index contributed by atoms with van der Waals surface area (Å²) in [5.74, 6) is -0.0290. The monoisotopic (exact) mass is 250 g/mol. The zero-order valence-corrected chi connectivity index (χ0v) is 11.5. The fraction of sp³-hybridized carbons (Fsp3) is 0.500. The van der Waals surface area contributed by atoms with Crippen LogP contribution in [0, 0.1) is 13.8 Å². The predicted octanol–water partition coefficient (Wildman–Crippen LogP) is 1.87. The van der Waals surface area contributed by atoms with Crippen LogP contribution in [0.3, 0.4) is 0 Å². The van der Waals surface area contributed by atoms with Crippen molar-refractivity contribution in [2.24, 2.45) is 0 Å². The maximum atomic E-state index is 11.6. The van der Waals surface area contributed by atoms with Crippen LogP contribution in [0.2, 0.25) is 0 Å². The molecule has 0 aliphatic carbocycles. The summed E-state index contributed by atoms with van der Waals surface area (Å²) >= 11 is 0. The molecule has 4 heteroatoms. The van der Waals surface area contributed by atoms with Crippen LogP contribution in [-0.2, 0) is 9.53 Å². The molecule has 1 rings (SSSR count). The number of carbonyl (C=O) groups excluding carboxylic acids is 1. The summed E-state index contributed by atoms with van der Waals surface area (Å²) in [4.78, 5) is 11.6. The number of hydrogen-bond donors (Lipinski definition) is 2. The van der Waals surface area contributed by atoms with E-state index in [1.807, 2.05) is 32.9 Å². The number of nitrogens with one attached hydrogen (secondary N) is 2. The standard InChI is InChI=1S/C14H22N2O2/c1-10-5-11(2)7-13(6-10)15-8-14(17)16-12(3)9-18-4/h5-7,12,15H,8-9H2,1-4H3,(H,16,17). The number of anilines is 1. The van der Waals surface area contributed by atoms with E-state index in [-0.39, 0.29) is 18.5 Å². The van der Waals surface area contributed by atoms with Gasteiger partial charge in [-0.15, -0.1) is 0 Å². The van der Waals surface area contributed by atoms with Gasteiger partial charge in [0.2, 0.25) is 5.91 Å². The Balaban J connectivity index is 2.42. The first-order valence-corrected chi connectivity index (χ1v) is 6.11. The number of benzene rings is 1. The van der Waals surface area contributed by atoms with Gasteiger partial charge in [0.05, 0.1) is 13.2 Å². The molecule has 0 aliphatic heterocycles. The van der Waals surface area contributed by atoms with E-state index < -0.39 is 0 Å². The lowest BCUT2D eigenvalue weighted by Crippen LogP contribution is -2.39. The second kappa shape index (κ2) is 7.01. The molecule has 1 unspecified atom stereocenters. The van der Waals surface area contributed by atoms with Gasteiger partial charge in [-0.3, -0.25) is 4.79 Å². The number of aryl methyl sites for hydroxylation is 2. The van der Waals surface area contributed by atoms with E-state index in [2.05, 4.69) is 16.7 Å². The van der Waals surface area contributed by atoms with Gasteiger partial charge in [0.15, 0.2) is 0 Å². The van der Waals surface area contributed by atoms with Crippen molar-refractivity contribution >= 4 is 11.6 Å². The minimum absolute atomic E-state index is 0.0290. The van der Waals surface area contributed by atoms with Crippen molar-refractivity contribution < 1.29 is 9.53 Å². The van der Waals surface area contributed by atoms with Crippen LogP contribution in [0.1, 0.15) is 18.1 Å². The highest BCUT2D eigenvalue weighted by Gasteiger charge is 2.06. The van der Waals surface area contributed by atoms with Crippen molar-refractivity contribution in [3.8, 4) is 0 Å². The van der Waals surface area contributed by atoms with Crippen LogP contribution in [0.25, 0.3) is 0 Å². The van der Waals surface area contributed by atoms with E-state index in [0.717, 1.165) is 5.69 Å². The number of methoxy groups -OCH3 is 1. The van der Waals surface area contributed by atoms with Gasteiger partial charge in [-0.2, -0.15) is 0 Å². The molecule has 2 N–H and O–H groups in total. The van der Waals surface area contributed by atoms with Crippen LogP contribution in [0.4, 0.5) is 5.69 Å². The zero-order chi connectivity index (χ0) is 13.5. The highest BCUT2D eigenvalue weighted by atomic mass is 16.5. The molecule has 0 bridgehead atoms. The third-order valence-electron chi connectivity index (χ3n) is 2.50. The molecule has 4 nitrogen and oxygen atoms in total. The van der Waals surface area contributed by atoms with Crippen molar-refractivity contribution in [1.29, 1.82) is 0 Å². The normalized spacial score (nSPS) is 12.0. The fourth-order valence-corrected chi connectivity index (χ4v) is 1.88. The SMILES string of the molecule is COCC(C)NC(=O)CNc1cc(C)cc(C)c1. The highest BCUT2D eigenvalue weighted by Crippen LogP contribution is 2.13. The molecule has 1 aromatic rings. The quantitative estimate of drug-likeness (QED) is 0.810. The summed E-state index contributed by atoms with van der Waals surface area (Å²) in [5.41, 5.74) is 3.35. The third kappa shape index (κ3) is 5.19. The Morgan fingerprint density at radius 1 is 1.28 bits per heavy atom. The Labute approximate surface area is 109 Å². The summed E-state index contributed by atoms with van der Waals surface area (Å²) in [6.45, 7) is 6.79. The van der Waals surface area contributed by atoms with Crippen LogP contribution in [0.15, 0.2) is 18.2 Å². The van der Waals surface area contributed by atoms with Crippen molar-refractivity contribution in [1.82, 2.24) is 5.32 Å². The summed E-state index contributed by atoms with van der Waals surface area (Å²) < 4.78 is 4.96. The van der Waals surface area contributed by atoms with E-state index in [1.165, 1.54) is 11.1 Å². The number of ether oxygens (including phenoxy) is 1. The fourth-order valence-electron chi connectivity index (χ4n) is 1.88. The number of rotatable bonds is 6. The first-order chi connectivity index (χ1) is 8.51. The largest absolute Gasteiger partial charge is 0.383 e.